The number of hydrogen-bond acceptors (Lipinski definition) is 2. The van der Waals surface area contributed by atoms with E-state index in [1.807, 2.05) is 6.07 Å². The Bertz CT molecular complexity index is 2590. The molecule has 0 aliphatic carbocycles. The van der Waals surface area contributed by atoms with Gasteiger partial charge in [0.15, 0.2) is 0 Å². The van der Waals surface area contributed by atoms with Crippen molar-refractivity contribution in [3.8, 4) is 11.1 Å². The molecule has 0 unspecified atom stereocenters. The topological polar surface area (TPSA) is 6.48 Å². The Labute approximate surface area is 338 Å². The van der Waals surface area contributed by atoms with Crippen LogP contribution >= 0.6 is 0 Å². The summed E-state index contributed by atoms with van der Waals surface area (Å²) in [5.74, 6) is 0. The van der Waals surface area contributed by atoms with Gasteiger partial charge in [-0.25, -0.2) is 0 Å². The Morgan fingerprint density at radius 1 is 0.351 bits per heavy atom. The minimum atomic E-state index is 0.916. The average Bonchev–Trinajstić information content (AvgIpc) is 3.24. The van der Waals surface area contributed by atoms with Crippen LogP contribution in [0.1, 0.15) is 44.5 Å². The first kappa shape index (κ1) is 37.0. The van der Waals surface area contributed by atoms with Crippen molar-refractivity contribution in [3.05, 3.63) is 239 Å². The SMILES string of the molecule is Cc1ccc(N(c2ccc(/C=C\c3ccccc3)cc2)c2ccc(-c3ccc(N(c4ccc(Cc5ccccc5)cc4)c4ccc(C)cc4C)cc3)cc2)c(C)c1. The molecule has 0 N–H and O–H groups in total. The molecule has 2 heteroatoms. The molecule has 8 rings (SSSR count). The fraction of sp³-hybridized carbons (Fsp3) is 0.0909. The summed E-state index contributed by atoms with van der Waals surface area (Å²) < 4.78 is 0. The summed E-state index contributed by atoms with van der Waals surface area (Å²) >= 11 is 0. The van der Waals surface area contributed by atoms with E-state index in [1.165, 1.54) is 61.4 Å². The van der Waals surface area contributed by atoms with E-state index in [2.05, 4.69) is 238 Å². The van der Waals surface area contributed by atoms with E-state index in [0.717, 1.165) is 34.7 Å². The minimum absolute atomic E-state index is 0.916. The van der Waals surface area contributed by atoms with Crippen LogP contribution < -0.4 is 9.80 Å². The molecule has 57 heavy (non-hydrogen) atoms. The summed E-state index contributed by atoms with van der Waals surface area (Å²) in [5, 5.41) is 0. The molecule has 2 nitrogen and oxygen atoms in total. The fourth-order valence-electron chi connectivity index (χ4n) is 7.66. The van der Waals surface area contributed by atoms with Crippen molar-refractivity contribution in [2.24, 2.45) is 0 Å². The van der Waals surface area contributed by atoms with Gasteiger partial charge in [-0.1, -0.05) is 157 Å². The maximum absolute atomic E-state index is 2.37. The number of nitrogens with zero attached hydrogens (tertiary/aromatic N) is 2. The summed E-state index contributed by atoms with van der Waals surface area (Å²) in [5.41, 5.74) is 19.2. The zero-order chi connectivity index (χ0) is 39.1. The molecule has 0 atom stereocenters. The summed E-state index contributed by atoms with van der Waals surface area (Å²) in [4.78, 5) is 4.73. The Morgan fingerprint density at radius 2 is 0.719 bits per heavy atom. The molecule has 8 aromatic rings. The number of aryl methyl sites for hydroxylation is 4. The van der Waals surface area contributed by atoms with Crippen LogP contribution in [0.5, 0.6) is 0 Å². The molecule has 0 aliphatic rings. The Kier molecular flexibility index (Phi) is 11.0. The maximum Gasteiger partial charge on any atom is 0.0490 e. The van der Waals surface area contributed by atoms with Crippen LogP contribution in [-0.2, 0) is 6.42 Å². The Hall–Kier alpha value is -6.90. The van der Waals surface area contributed by atoms with Gasteiger partial charge in [0.25, 0.3) is 0 Å². The first-order chi connectivity index (χ1) is 27.9. The molecule has 0 fully saturated rings. The molecule has 0 aromatic heterocycles. The lowest BCUT2D eigenvalue weighted by Crippen LogP contribution is -2.11. The van der Waals surface area contributed by atoms with Gasteiger partial charge in [0.2, 0.25) is 0 Å². The van der Waals surface area contributed by atoms with E-state index in [-0.39, 0.29) is 0 Å². The van der Waals surface area contributed by atoms with Crippen molar-refractivity contribution in [2.45, 2.75) is 34.1 Å². The van der Waals surface area contributed by atoms with E-state index in [0.29, 0.717) is 0 Å². The van der Waals surface area contributed by atoms with Crippen LogP contribution in [0.3, 0.4) is 0 Å². The van der Waals surface area contributed by atoms with Gasteiger partial charge >= 0.3 is 0 Å². The molecule has 0 heterocycles. The van der Waals surface area contributed by atoms with Gasteiger partial charge in [-0.15, -0.1) is 0 Å². The first-order valence-corrected chi connectivity index (χ1v) is 19.8. The molecule has 8 aromatic carbocycles. The van der Waals surface area contributed by atoms with Gasteiger partial charge in [0.05, 0.1) is 0 Å². The third-order valence-corrected chi connectivity index (χ3v) is 10.6. The zero-order valence-corrected chi connectivity index (χ0v) is 33.2. The van der Waals surface area contributed by atoms with Crippen molar-refractivity contribution >= 4 is 46.3 Å². The highest BCUT2D eigenvalue weighted by Crippen LogP contribution is 2.40. The lowest BCUT2D eigenvalue weighted by molar-refractivity contribution is 1.18. The molecule has 278 valence electrons. The second-order valence-electron chi connectivity index (χ2n) is 15.0. The average molecular weight is 737 g/mol. The standard InChI is InChI=1S/C55H48N2/c1-40-15-35-54(42(3)37-40)56(50-27-19-45(20-28-50)18-17-44-11-7-5-8-12-44)52-31-23-48(24-32-52)49-25-33-53(34-26-49)57(55-36-16-41(2)38-43(55)4)51-29-21-47(22-30-51)39-46-13-9-6-10-14-46/h5-38H,39H2,1-4H3/b18-17-. The number of benzene rings is 8. The molecule has 0 spiro atoms. The summed E-state index contributed by atoms with van der Waals surface area (Å²) in [6, 6.07) is 70.3. The van der Waals surface area contributed by atoms with Gasteiger partial charge in [-0.3, -0.25) is 0 Å². The summed E-state index contributed by atoms with van der Waals surface area (Å²) in [6.45, 7) is 8.71. The van der Waals surface area contributed by atoms with Crippen LogP contribution in [0.25, 0.3) is 23.3 Å². The lowest BCUT2D eigenvalue weighted by Gasteiger charge is -2.28. The molecule has 0 amide bonds. The molecule has 0 saturated heterocycles. The molecule has 0 bridgehead atoms. The molecular weight excluding hydrogens is 689 g/mol. The number of rotatable bonds is 11. The molecule has 0 radical (unpaired) electrons. The van der Waals surface area contributed by atoms with E-state index in [4.69, 9.17) is 0 Å². The van der Waals surface area contributed by atoms with Crippen LogP contribution in [0.15, 0.2) is 194 Å². The second kappa shape index (κ2) is 16.9. The van der Waals surface area contributed by atoms with Gasteiger partial charge in [0.1, 0.15) is 0 Å². The molecular formula is C55H48N2. The summed E-state index contributed by atoms with van der Waals surface area (Å²) in [6.07, 6.45) is 5.25. The van der Waals surface area contributed by atoms with Gasteiger partial charge < -0.3 is 9.80 Å². The lowest BCUT2D eigenvalue weighted by atomic mass is 10.0. The zero-order valence-electron chi connectivity index (χ0n) is 33.2. The largest absolute Gasteiger partial charge is 0.310 e. The first-order valence-electron chi connectivity index (χ1n) is 19.8. The normalized spacial score (nSPS) is 11.2. The predicted octanol–water partition coefficient (Wildman–Crippen LogP) is 15.3. The Morgan fingerprint density at radius 3 is 1.16 bits per heavy atom. The molecule has 0 aliphatic heterocycles. The van der Waals surface area contributed by atoms with Crippen molar-refractivity contribution in [1.29, 1.82) is 0 Å². The van der Waals surface area contributed by atoms with Crippen LogP contribution in [0.4, 0.5) is 34.1 Å². The van der Waals surface area contributed by atoms with E-state index in [1.54, 1.807) is 0 Å². The minimum Gasteiger partial charge on any atom is -0.310 e. The van der Waals surface area contributed by atoms with E-state index >= 15 is 0 Å². The van der Waals surface area contributed by atoms with E-state index in [9.17, 15) is 0 Å². The van der Waals surface area contributed by atoms with Crippen molar-refractivity contribution in [3.63, 3.8) is 0 Å². The van der Waals surface area contributed by atoms with Gasteiger partial charge in [-0.2, -0.15) is 0 Å². The highest BCUT2D eigenvalue weighted by atomic mass is 15.1. The van der Waals surface area contributed by atoms with Crippen molar-refractivity contribution in [1.82, 2.24) is 0 Å². The number of hydrogen-bond donors (Lipinski definition) is 0. The smallest absolute Gasteiger partial charge is 0.0490 e. The maximum atomic E-state index is 2.37. The summed E-state index contributed by atoms with van der Waals surface area (Å²) in [7, 11) is 0. The highest BCUT2D eigenvalue weighted by molar-refractivity contribution is 5.83. The highest BCUT2D eigenvalue weighted by Gasteiger charge is 2.17. The number of anilines is 6. The van der Waals surface area contributed by atoms with E-state index < -0.39 is 0 Å². The van der Waals surface area contributed by atoms with Crippen LogP contribution in [0, 0.1) is 27.7 Å². The quantitative estimate of drug-likeness (QED) is 0.122. The fourth-order valence-corrected chi connectivity index (χ4v) is 7.66. The molecule has 0 saturated carbocycles. The Balaban J connectivity index is 1.08. The van der Waals surface area contributed by atoms with Gasteiger partial charge in [-0.05, 0) is 139 Å². The van der Waals surface area contributed by atoms with Crippen LogP contribution in [-0.4, -0.2) is 0 Å². The van der Waals surface area contributed by atoms with Crippen LogP contribution in [0.2, 0.25) is 0 Å². The third kappa shape index (κ3) is 8.67. The van der Waals surface area contributed by atoms with Crippen molar-refractivity contribution < 1.29 is 0 Å². The van der Waals surface area contributed by atoms with Crippen molar-refractivity contribution in [2.75, 3.05) is 9.80 Å². The third-order valence-electron chi connectivity index (χ3n) is 10.6. The predicted molar refractivity (Wildman–Crippen MR) is 245 cm³/mol. The van der Waals surface area contributed by atoms with Gasteiger partial charge in [0, 0.05) is 34.1 Å². The monoisotopic (exact) mass is 736 g/mol. The second-order valence-corrected chi connectivity index (χ2v) is 15.0.